The van der Waals surface area contributed by atoms with Crippen LogP contribution in [0.3, 0.4) is 0 Å². The molecule has 4 nitrogen and oxygen atoms in total. The van der Waals surface area contributed by atoms with Gasteiger partial charge in [0.1, 0.15) is 0 Å². The van der Waals surface area contributed by atoms with Gasteiger partial charge in [0.2, 0.25) is 0 Å². The van der Waals surface area contributed by atoms with Crippen LogP contribution < -0.4 is 9.80 Å². The van der Waals surface area contributed by atoms with Crippen LogP contribution in [0.4, 0.5) is 34.1 Å². The molecule has 0 bridgehead atoms. The Bertz CT molecular complexity index is 3970. The number of para-hydroxylation sites is 2. The van der Waals surface area contributed by atoms with Crippen molar-refractivity contribution < 1.29 is 0 Å². The Morgan fingerprint density at radius 2 is 0.506 bits per heavy atom. The van der Waals surface area contributed by atoms with Gasteiger partial charge in [-0.05, 0) is 198 Å². The predicted octanol–water partition coefficient (Wildman–Crippen LogP) is 19.4. The molecule has 12 aromatic rings. The van der Waals surface area contributed by atoms with Crippen LogP contribution in [0.15, 0.2) is 291 Å². The van der Waals surface area contributed by atoms with Gasteiger partial charge in [-0.3, -0.25) is 0 Å². The molecule has 79 heavy (non-hydrogen) atoms. The molecule has 0 unspecified atom stereocenters. The quantitative estimate of drug-likeness (QED) is 0.137. The number of nitriles is 2. The maximum absolute atomic E-state index is 10.7. The van der Waals surface area contributed by atoms with E-state index in [2.05, 4.69) is 301 Å². The van der Waals surface area contributed by atoms with E-state index in [1.165, 1.54) is 0 Å². The van der Waals surface area contributed by atoms with Crippen molar-refractivity contribution in [2.24, 2.45) is 0 Å². The van der Waals surface area contributed by atoms with Crippen molar-refractivity contribution in [3.05, 3.63) is 325 Å². The Morgan fingerprint density at radius 3 is 0.810 bits per heavy atom. The number of fused-ring (bicyclic) bond motifs is 10. The van der Waals surface area contributed by atoms with Crippen molar-refractivity contribution in [2.45, 2.75) is 5.41 Å². The average molecular weight is 1010 g/mol. The molecule has 0 saturated carbocycles. The number of hydrogen-bond acceptors (Lipinski definition) is 4. The largest absolute Gasteiger partial charge is 0.310 e. The van der Waals surface area contributed by atoms with E-state index in [-0.39, 0.29) is 0 Å². The minimum absolute atomic E-state index is 0.572. The van der Waals surface area contributed by atoms with Crippen LogP contribution in [-0.4, -0.2) is 0 Å². The molecule has 0 atom stereocenters. The first-order valence-corrected chi connectivity index (χ1v) is 26.7. The Balaban J connectivity index is 1.04. The molecule has 0 aliphatic heterocycles. The molecule has 0 heterocycles. The summed E-state index contributed by atoms with van der Waals surface area (Å²) < 4.78 is 0. The maximum Gasteiger partial charge on any atom is 0.0991 e. The maximum atomic E-state index is 10.7. The molecule has 0 N–H and O–H groups in total. The summed E-state index contributed by atoms with van der Waals surface area (Å²) in [7, 11) is 0. The Kier molecular flexibility index (Phi) is 11.5. The average Bonchev–Trinajstić information content (AvgIpc) is 2.63. The highest BCUT2D eigenvalue weighted by Gasteiger charge is 2.52. The van der Waals surface area contributed by atoms with Crippen molar-refractivity contribution in [3.63, 3.8) is 0 Å². The molecule has 0 aromatic heterocycles. The standard InChI is InChI=1S/C75H48N4/c76-49-51-31-35-67-68-36-32-52(50-77)40-72(68)75(71(67)39-51)73-47-63(78(61-27-15-5-16-28-61)65-43-57(53-19-7-1-8-20-53)41-58(44-65)54-21-9-2-10-22-54)33-37-69(73)70-38-34-64(48-74(70)75)79(62-29-17-6-18-30-62)66-45-59(55-23-11-3-12-24-55)42-60(46-66)56-25-13-4-14-26-56/h1-48H. The smallest absolute Gasteiger partial charge is 0.0991 e. The van der Waals surface area contributed by atoms with Gasteiger partial charge in [0.25, 0.3) is 0 Å². The van der Waals surface area contributed by atoms with E-state index in [4.69, 9.17) is 0 Å². The Hall–Kier alpha value is -10.8. The van der Waals surface area contributed by atoms with Crippen molar-refractivity contribution >= 4 is 34.1 Å². The molecule has 12 aromatic carbocycles. The lowest BCUT2D eigenvalue weighted by Crippen LogP contribution is -2.27. The molecule has 0 radical (unpaired) electrons. The minimum atomic E-state index is -0.950. The van der Waals surface area contributed by atoms with Gasteiger partial charge >= 0.3 is 0 Å². The van der Waals surface area contributed by atoms with Crippen LogP contribution in [0.5, 0.6) is 0 Å². The lowest BCUT2D eigenvalue weighted by atomic mass is 9.70. The van der Waals surface area contributed by atoms with Crippen LogP contribution in [0.2, 0.25) is 0 Å². The summed E-state index contributed by atoms with van der Waals surface area (Å²) in [6.45, 7) is 0. The topological polar surface area (TPSA) is 54.1 Å². The highest BCUT2D eigenvalue weighted by Crippen LogP contribution is 2.64. The van der Waals surface area contributed by atoms with E-state index >= 15 is 0 Å². The fourth-order valence-corrected chi connectivity index (χ4v) is 12.3. The number of hydrogen-bond donors (Lipinski definition) is 0. The van der Waals surface area contributed by atoms with E-state index in [9.17, 15) is 10.5 Å². The molecule has 2 aliphatic carbocycles. The van der Waals surface area contributed by atoms with E-state index in [1.54, 1.807) is 0 Å². The van der Waals surface area contributed by atoms with Gasteiger partial charge in [-0.2, -0.15) is 10.5 Å². The molecular weight excluding hydrogens is 957 g/mol. The third-order valence-electron chi connectivity index (χ3n) is 15.8. The molecular formula is C75H48N4. The second kappa shape index (κ2) is 19.4. The Morgan fingerprint density at radius 1 is 0.228 bits per heavy atom. The lowest BCUT2D eigenvalue weighted by Gasteiger charge is -2.33. The van der Waals surface area contributed by atoms with Crippen molar-refractivity contribution in [1.29, 1.82) is 10.5 Å². The third kappa shape index (κ3) is 7.99. The number of nitrogens with zero attached hydrogens (tertiary/aromatic N) is 4. The highest BCUT2D eigenvalue weighted by atomic mass is 15.1. The zero-order valence-corrected chi connectivity index (χ0v) is 43.0. The summed E-state index contributed by atoms with van der Waals surface area (Å²) in [5.74, 6) is 0. The first-order chi connectivity index (χ1) is 39.0. The Labute approximate surface area is 460 Å². The third-order valence-corrected chi connectivity index (χ3v) is 15.8. The van der Waals surface area contributed by atoms with Crippen LogP contribution in [0.25, 0.3) is 66.8 Å². The summed E-state index contributed by atoms with van der Waals surface area (Å²) in [4.78, 5) is 4.74. The summed E-state index contributed by atoms with van der Waals surface area (Å²) >= 11 is 0. The molecule has 4 heteroatoms. The summed E-state index contributed by atoms with van der Waals surface area (Å²) in [6.07, 6.45) is 0. The highest BCUT2D eigenvalue weighted by molar-refractivity contribution is 5.99. The van der Waals surface area contributed by atoms with E-state index in [0.717, 1.165) is 123 Å². The summed E-state index contributed by atoms with van der Waals surface area (Å²) in [6, 6.07) is 108. The van der Waals surface area contributed by atoms with E-state index in [1.807, 2.05) is 12.1 Å². The molecule has 14 rings (SSSR count). The first kappa shape index (κ1) is 46.7. The van der Waals surface area contributed by atoms with Gasteiger partial charge in [0, 0.05) is 34.1 Å². The van der Waals surface area contributed by atoms with Crippen molar-refractivity contribution in [2.75, 3.05) is 9.80 Å². The summed E-state index contributed by atoms with van der Waals surface area (Å²) in [5.41, 5.74) is 23.6. The molecule has 368 valence electrons. The fourth-order valence-electron chi connectivity index (χ4n) is 12.3. The monoisotopic (exact) mass is 1000 g/mol. The molecule has 2 aliphatic rings. The predicted molar refractivity (Wildman–Crippen MR) is 323 cm³/mol. The molecule has 0 amide bonds. The van der Waals surface area contributed by atoms with Crippen LogP contribution >= 0.6 is 0 Å². The second-order valence-electron chi connectivity index (χ2n) is 20.3. The van der Waals surface area contributed by atoms with E-state index in [0.29, 0.717) is 11.1 Å². The van der Waals surface area contributed by atoms with Gasteiger partial charge < -0.3 is 9.80 Å². The van der Waals surface area contributed by atoms with Gasteiger partial charge in [0.15, 0.2) is 0 Å². The zero-order valence-electron chi connectivity index (χ0n) is 43.0. The molecule has 0 saturated heterocycles. The van der Waals surface area contributed by atoms with Crippen molar-refractivity contribution in [1.82, 2.24) is 0 Å². The van der Waals surface area contributed by atoms with Crippen LogP contribution in [-0.2, 0) is 5.41 Å². The zero-order chi connectivity index (χ0) is 52.9. The fraction of sp³-hybridized carbons (Fsp3) is 0.0133. The van der Waals surface area contributed by atoms with Crippen molar-refractivity contribution in [3.8, 4) is 78.9 Å². The number of anilines is 6. The minimum Gasteiger partial charge on any atom is -0.310 e. The number of benzene rings is 12. The van der Waals surface area contributed by atoms with E-state index < -0.39 is 5.41 Å². The molecule has 0 fully saturated rings. The molecule has 1 spiro atoms. The van der Waals surface area contributed by atoms with Gasteiger partial charge in [-0.25, -0.2) is 0 Å². The first-order valence-electron chi connectivity index (χ1n) is 26.7. The van der Waals surface area contributed by atoms with Gasteiger partial charge in [-0.15, -0.1) is 0 Å². The SMILES string of the molecule is N#Cc1ccc2c(c1)C1(c3cc(C#N)ccc3-2)c2cc(N(c3ccccc3)c3cc(-c4ccccc4)cc(-c4ccccc4)c3)ccc2-c2ccc(N(c3ccccc3)c3cc(-c4ccccc4)cc(-c4ccccc4)c3)cc21. The normalized spacial score (nSPS) is 12.1. The van der Waals surface area contributed by atoms with Gasteiger partial charge in [0.05, 0.1) is 28.7 Å². The summed E-state index contributed by atoms with van der Waals surface area (Å²) in [5, 5.41) is 21.5. The van der Waals surface area contributed by atoms with Crippen LogP contribution in [0.1, 0.15) is 33.4 Å². The van der Waals surface area contributed by atoms with Crippen LogP contribution in [0, 0.1) is 22.7 Å². The number of rotatable bonds is 10. The lowest BCUT2D eigenvalue weighted by molar-refractivity contribution is 0.792. The second-order valence-corrected chi connectivity index (χ2v) is 20.3. The van der Waals surface area contributed by atoms with Gasteiger partial charge in [-0.1, -0.05) is 182 Å².